The Hall–Kier alpha value is -2.24. The third kappa shape index (κ3) is 4.65. The van der Waals surface area contributed by atoms with Crippen LogP contribution in [0.4, 0.5) is 0 Å². The molecule has 0 spiro atoms. The first-order chi connectivity index (χ1) is 10.6. The highest BCUT2D eigenvalue weighted by Crippen LogP contribution is 2.21. The smallest absolute Gasteiger partial charge is 0.119 e. The number of benzene rings is 2. The van der Waals surface area contributed by atoms with Crippen LogP contribution in [0.3, 0.4) is 0 Å². The second-order valence-electron chi connectivity index (χ2n) is 5.45. The van der Waals surface area contributed by atoms with Crippen molar-refractivity contribution < 1.29 is 4.74 Å². The molecule has 2 nitrogen and oxygen atoms in total. The predicted octanol–water partition coefficient (Wildman–Crippen LogP) is 5.44. The van der Waals surface area contributed by atoms with E-state index >= 15 is 0 Å². The minimum Gasteiger partial charge on any atom is -0.493 e. The van der Waals surface area contributed by atoms with Gasteiger partial charge in [-0.05, 0) is 47.4 Å². The minimum absolute atomic E-state index is 0.495. The van der Waals surface area contributed by atoms with E-state index in [4.69, 9.17) is 16.3 Å². The molecule has 0 atom stereocenters. The van der Waals surface area contributed by atoms with Gasteiger partial charge < -0.3 is 4.74 Å². The summed E-state index contributed by atoms with van der Waals surface area (Å²) < 4.78 is 5.65. The number of halogens is 1. The van der Waals surface area contributed by atoms with Crippen LogP contribution in [-0.2, 0) is 0 Å². The van der Waals surface area contributed by atoms with Crippen molar-refractivity contribution in [3.05, 3.63) is 64.7 Å². The van der Waals surface area contributed by atoms with E-state index in [9.17, 15) is 5.26 Å². The lowest BCUT2D eigenvalue weighted by Gasteiger charge is -2.08. The standard InChI is InChI=1S/C19H18ClNO/c1-14(2)13-22-19-9-3-15(4-10-19)11-17(12-21)16-5-7-18(20)8-6-16/h3-11,14H,13H2,1-2H3. The van der Waals surface area contributed by atoms with Crippen LogP contribution in [0.15, 0.2) is 48.5 Å². The minimum atomic E-state index is 0.495. The summed E-state index contributed by atoms with van der Waals surface area (Å²) in [4.78, 5) is 0. The van der Waals surface area contributed by atoms with Crippen LogP contribution in [0.2, 0.25) is 5.02 Å². The molecule has 22 heavy (non-hydrogen) atoms. The van der Waals surface area contributed by atoms with E-state index < -0.39 is 0 Å². The van der Waals surface area contributed by atoms with Crippen molar-refractivity contribution in [1.82, 2.24) is 0 Å². The lowest BCUT2D eigenvalue weighted by Crippen LogP contribution is -2.04. The van der Waals surface area contributed by atoms with Crippen molar-refractivity contribution in [3.63, 3.8) is 0 Å². The van der Waals surface area contributed by atoms with Gasteiger partial charge in [-0.1, -0.05) is 49.7 Å². The third-order valence-corrected chi connectivity index (χ3v) is 3.30. The van der Waals surface area contributed by atoms with E-state index in [0.29, 0.717) is 23.1 Å². The van der Waals surface area contributed by atoms with E-state index in [-0.39, 0.29) is 0 Å². The van der Waals surface area contributed by atoms with E-state index in [1.807, 2.05) is 42.5 Å². The van der Waals surface area contributed by atoms with Crippen LogP contribution in [0.25, 0.3) is 11.6 Å². The number of allylic oxidation sites excluding steroid dienone is 1. The SMILES string of the molecule is CC(C)COc1ccc(C=C(C#N)c2ccc(Cl)cc2)cc1. The van der Waals surface area contributed by atoms with E-state index in [2.05, 4.69) is 19.9 Å². The summed E-state index contributed by atoms with van der Waals surface area (Å²) in [7, 11) is 0. The molecule has 0 fully saturated rings. The summed E-state index contributed by atoms with van der Waals surface area (Å²) in [5, 5.41) is 9.99. The molecule has 0 amide bonds. The molecule has 0 aliphatic rings. The number of hydrogen-bond acceptors (Lipinski definition) is 2. The maximum absolute atomic E-state index is 9.33. The van der Waals surface area contributed by atoms with Crippen molar-refractivity contribution in [2.24, 2.45) is 5.92 Å². The molecule has 2 aromatic carbocycles. The molecule has 112 valence electrons. The van der Waals surface area contributed by atoms with Crippen molar-refractivity contribution in [1.29, 1.82) is 5.26 Å². The summed E-state index contributed by atoms with van der Waals surface area (Å²) in [6.45, 7) is 4.92. The fourth-order valence-corrected chi connectivity index (χ4v) is 2.03. The van der Waals surface area contributed by atoms with Gasteiger partial charge in [0, 0.05) is 5.02 Å². The number of rotatable bonds is 5. The lowest BCUT2D eigenvalue weighted by molar-refractivity contribution is 0.271. The Morgan fingerprint density at radius 3 is 2.32 bits per heavy atom. The maximum atomic E-state index is 9.33. The zero-order valence-electron chi connectivity index (χ0n) is 12.7. The van der Waals surface area contributed by atoms with Gasteiger partial charge in [0.25, 0.3) is 0 Å². The molecule has 0 aromatic heterocycles. The predicted molar refractivity (Wildman–Crippen MR) is 91.7 cm³/mol. The van der Waals surface area contributed by atoms with Crippen molar-refractivity contribution >= 4 is 23.3 Å². The molecule has 0 aliphatic carbocycles. The largest absolute Gasteiger partial charge is 0.493 e. The second kappa shape index (κ2) is 7.68. The van der Waals surface area contributed by atoms with Crippen molar-refractivity contribution in [2.75, 3.05) is 6.61 Å². The fraction of sp³-hybridized carbons (Fsp3) is 0.211. The molecule has 0 unspecified atom stereocenters. The van der Waals surface area contributed by atoms with Gasteiger partial charge in [-0.3, -0.25) is 0 Å². The molecule has 0 heterocycles. The summed E-state index contributed by atoms with van der Waals surface area (Å²) in [6, 6.07) is 17.2. The van der Waals surface area contributed by atoms with E-state index in [1.54, 1.807) is 12.1 Å². The van der Waals surface area contributed by atoms with Crippen molar-refractivity contribution in [2.45, 2.75) is 13.8 Å². The Morgan fingerprint density at radius 2 is 1.77 bits per heavy atom. The van der Waals surface area contributed by atoms with Crippen LogP contribution in [0, 0.1) is 17.2 Å². The van der Waals surface area contributed by atoms with Crippen LogP contribution in [0.1, 0.15) is 25.0 Å². The third-order valence-electron chi connectivity index (χ3n) is 3.05. The summed E-state index contributed by atoms with van der Waals surface area (Å²) in [6.07, 6.45) is 1.86. The summed E-state index contributed by atoms with van der Waals surface area (Å²) in [5.41, 5.74) is 2.42. The highest BCUT2D eigenvalue weighted by atomic mass is 35.5. The Bertz CT molecular complexity index is 679. The zero-order valence-corrected chi connectivity index (χ0v) is 13.5. The van der Waals surface area contributed by atoms with Crippen LogP contribution < -0.4 is 4.74 Å². The Kier molecular flexibility index (Phi) is 5.63. The van der Waals surface area contributed by atoms with Gasteiger partial charge >= 0.3 is 0 Å². The highest BCUT2D eigenvalue weighted by Gasteiger charge is 2.02. The molecule has 0 aliphatic heterocycles. The molecule has 2 rings (SSSR count). The van der Waals surface area contributed by atoms with Gasteiger partial charge in [-0.2, -0.15) is 5.26 Å². The van der Waals surface area contributed by atoms with E-state index in [0.717, 1.165) is 16.9 Å². The average Bonchev–Trinajstić information content (AvgIpc) is 2.52. The van der Waals surface area contributed by atoms with Gasteiger partial charge in [-0.25, -0.2) is 0 Å². The molecular formula is C19H18ClNO. The average molecular weight is 312 g/mol. The Balaban J connectivity index is 2.16. The van der Waals surface area contributed by atoms with Crippen LogP contribution >= 0.6 is 11.6 Å². The lowest BCUT2D eigenvalue weighted by atomic mass is 10.0. The number of nitrogens with zero attached hydrogens (tertiary/aromatic N) is 1. The maximum Gasteiger partial charge on any atom is 0.119 e. The van der Waals surface area contributed by atoms with Gasteiger partial charge in [0.15, 0.2) is 0 Å². The molecule has 2 aromatic rings. The topological polar surface area (TPSA) is 33.0 Å². The molecule has 0 bridgehead atoms. The summed E-state index contributed by atoms with van der Waals surface area (Å²) in [5.74, 6) is 1.34. The first-order valence-corrected chi connectivity index (χ1v) is 7.57. The first kappa shape index (κ1) is 16.1. The van der Waals surface area contributed by atoms with Gasteiger partial charge in [-0.15, -0.1) is 0 Å². The Labute approximate surface area is 136 Å². The molecular weight excluding hydrogens is 294 g/mol. The van der Waals surface area contributed by atoms with Gasteiger partial charge in [0.2, 0.25) is 0 Å². The van der Waals surface area contributed by atoms with E-state index in [1.165, 1.54) is 0 Å². The normalized spacial score (nSPS) is 11.3. The number of ether oxygens (including phenoxy) is 1. The summed E-state index contributed by atoms with van der Waals surface area (Å²) >= 11 is 5.87. The number of hydrogen-bond donors (Lipinski definition) is 0. The molecule has 0 saturated heterocycles. The second-order valence-corrected chi connectivity index (χ2v) is 5.89. The molecule has 0 N–H and O–H groups in total. The van der Waals surface area contributed by atoms with Crippen molar-refractivity contribution in [3.8, 4) is 11.8 Å². The Morgan fingerprint density at radius 1 is 1.14 bits per heavy atom. The monoisotopic (exact) mass is 311 g/mol. The van der Waals surface area contributed by atoms with Gasteiger partial charge in [0.1, 0.15) is 5.75 Å². The van der Waals surface area contributed by atoms with Crippen LogP contribution in [-0.4, -0.2) is 6.61 Å². The van der Waals surface area contributed by atoms with Crippen LogP contribution in [0.5, 0.6) is 5.75 Å². The molecule has 3 heteroatoms. The first-order valence-electron chi connectivity index (χ1n) is 7.19. The fourth-order valence-electron chi connectivity index (χ4n) is 1.90. The molecule has 0 radical (unpaired) electrons. The highest BCUT2D eigenvalue weighted by molar-refractivity contribution is 6.30. The molecule has 0 saturated carbocycles. The zero-order chi connectivity index (χ0) is 15.9. The number of nitriles is 1. The quantitative estimate of drug-likeness (QED) is 0.544. The van der Waals surface area contributed by atoms with Gasteiger partial charge in [0.05, 0.1) is 18.2 Å².